The lowest BCUT2D eigenvalue weighted by atomic mass is 10.0. The first kappa shape index (κ1) is 9.13. The van der Waals surface area contributed by atoms with E-state index < -0.39 is 0 Å². The molecule has 3 heteroatoms. The fraction of sp³-hybridized carbons (Fsp3) is 1.00. The molecule has 0 bridgehead atoms. The zero-order chi connectivity index (χ0) is 9.54. The van der Waals surface area contributed by atoms with Gasteiger partial charge in [0.25, 0.3) is 0 Å². The largest absolute Gasteiger partial charge is 0.377 e. The molecule has 3 rings (SSSR count). The third-order valence-electron chi connectivity index (χ3n) is 4.22. The summed E-state index contributed by atoms with van der Waals surface area (Å²) in [5.41, 5.74) is 0. The molecule has 3 nitrogen and oxygen atoms in total. The van der Waals surface area contributed by atoms with Gasteiger partial charge >= 0.3 is 0 Å². The van der Waals surface area contributed by atoms with E-state index in [0.717, 1.165) is 18.4 Å². The molecule has 3 aliphatic heterocycles. The molecule has 0 aromatic carbocycles. The summed E-state index contributed by atoms with van der Waals surface area (Å²) >= 11 is 0. The van der Waals surface area contributed by atoms with Crippen molar-refractivity contribution in [3.8, 4) is 0 Å². The molecule has 0 aromatic rings. The molecular weight excluding hydrogens is 176 g/mol. The van der Waals surface area contributed by atoms with Crippen molar-refractivity contribution in [3.63, 3.8) is 0 Å². The normalized spacial score (nSPS) is 48.6. The van der Waals surface area contributed by atoms with Crippen LogP contribution in [0.4, 0.5) is 0 Å². The van der Waals surface area contributed by atoms with Gasteiger partial charge in [-0.1, -0.05) is 0 Å². The van der Waals surface area contributed by atoms with Crippen molar-refractivity contribution in [3.05, 3.63) is 0 Å². The second-order valence-corrected chi connectivity index (χ2v) is 5.06. The van der Waals surface area contributed by atoms with Crippen LogP contribution in [0, 0.1) is 11.8 Å². The molecule has 1 N–H and O–H groups in total. The summed E-state index contributed by atoms with van der Waals surface area (Å²) < 4.78 is 5.64. The van der Waals surface area contributed by atoms with Crippen LogP contribution in [0.3, 0.4) is 0 Å². The van der Waals surface area contributed by atoms with Gasteiger partial charge in [-0.25, -0.2) is 0 Å². The van der Waals surface area contributed by atoms with E-state index in [1.54, 1.807) is 0 Å². The van der Waals surface area contributed by atoms with Crippen LogP contribution in [0.1, 0.15) is 13.3 Å². The van der Waals surface area contributed by atoms with E-state index in [4.69, 9.17) is 4.74 Å². The van der Waals surface area contributed by atoms with E-state index in [9.17, 15) is 0 Å². The van der Waals surface area contributed by atoms with Crippen LogP contribution in [0.15, 0.2) is 0 Å². The van der Waals surface area contributed by atoms with Gasteiger partial charge in [-0.05, 0) is 38.3 Å². The van der Waals surface area contributed by atoms with Crippen LogP contribution in [0.25, 0.3) is 0 Å². The number of fused-ring (bicyclic) bond motifs is 1. The molecule has 14 heavy (non-hydrogen) atoms. The Bertz CT molecular complexity index is 209. The van der Waals surface area contributed by atoms with E-state index in [2.05, 4.69) is 17.1 Å². The number of nitrogens with zero attached hydrogens (tertiary/aromatic N) is 1. The predicted octanol–water partition coefficient (Wildman–Crippen LogP) is 0.315. The molecule has 3 heterocycles. The van der Waals surface area contributed by atoms with Crippen molar-refractivity contribution < 1.29 is 4.74 Å². The van der Waals surface area contributed by atoms with E-state index >= 15 is 0 Å². The van der Waals surface area contributed by atoms with Crippen LogP contribution in [-0.4, -0.2) is 49.8 Å². The average molecular weight is 196 g/mol. The van der Waals surface area contributed by atoms with Gasteiger partial charge in [-0.2, -0.15) is 0 Å². The summed E-state index contributed by atoms with van der Waals surface area (Å²) in [6.45, 7) is 8.28. The highest BCUT2D eigenvalue weighted by molar-refractivity contribution is 4.95. The van der Waals surface area contributed by atoms with E-state index in [1.165, 1.54) is 32.6 Å². The van der Waals surface area contributed by atoms with Gasteiger partial charge in [0.15, 0.2) is 0 Å². The number of hydrogen-bond donors (Lipinski definition) is 1. The van der Waals surface area contributed by atoms with Gasteiger partial charge in [0.05, 0.1) is 6.10 Å². The minimum Gasteiger partial charge on any atom is -0.377 e. The van der Waals surface area contributed by atoms with Gasteiger partial charge in [0, 0.05) is 25.7 Å². The SMILES string of the molecule is CC1OCCC1N1C[C@H]2CNC[C@H]2C1. The van der Waals surface area contributed by atoms with Gasteiger partial charge in [-0.15, -0.1) is 0 Å². The van der Waals surface area contributed by atoms with Gasteiger partial charge in [-0.3, -0.25) is 4.90 Å². The Kier molecular flexibility index (Phi) is 2.26. The molecule has 2 unspecified atom stereocenters. The minimum absolute atomic E-state index is 0.460. The van der Waals surface area contributed by atoms with E-state index in [-0.39, 0.29) is 0 Å². The van der Waals surface area contributed by atoms with Crippen LogP contribution < -0.4 is 5.32 Å². The Labute approximate surface area is 85.8 Å². The molecule has 0 radical (unpaired) electrons. The van der Waals surface area contributed by atoms with Crippen molar-refractivity contribution in [2.45, 2.75) is 25.5 Å². The Morgan fingerprint density at radius 2 is 1.93 bits per heavy atom. The first-order chi connectivity index (χ1) is 6.84. The molecule has 0 saturated carbocycles. The summed E-state index contributed by atoms with van der Waals surface area (Å²) in [5, 5.41) is 3.49. The average Bonchev–Trinajstić information content (AvgIpc) is 2.75. The van der Waals surface area contributed by atoms with E-state index in [0.29, 0.717) is 12.1 Å². The number of rotatable bonds is 1. The summed E-state index contributed by atoms with van der Waals surface area (Å²) in [6.07, 6.45) is 1.70. The maximum absolute atomic E-state index is 5.64. The van der Waals surface area contributed by atoms with Crippen LogP contribution in [0.5, 0.6) is 0 Å². The zero-order valence-electron chi connectivity index (χ0n) is 8.91. The third kappa shape index (κ3) is 1.38. The molecule has 3 aliphatic rings. The smallest absolute Gasteiger partial charge is 0.0703 e. The molecule has 80 valence electrons. The standard InChI is InChI=1S/C11H20N2O/c1-8-11(2-3-14-8)13-6-9-4-12-5-10(9)7-13/h8-12H,2-7H2,1H3/t8?,9-,10+,11?. The number of nitrogens with one attached hydrogen (secondary N) is 1. The molecule has 0 aliphatic carbocycles. The highest BCUT2D eigenvalue weighted by Crippen LogP contribution is 2.31. The van der Waals surface area contributed by atoms with Crippen molar-refractivity contribution in [2.75, 3.05) is 32.8 Å². The fourth-order valence-electron chi connectivity index (χ4n) is 3.36. The molecule has 0 amide bonds. The Hall–Kier alpha value is -0.120. The quantitative estimate of drug-likeness (QED) is 0.653. The molecule has 0 aromatic heterocycles. The molecule has 3 fully saturated rings. The van der Waals surface area contributed by atoms with Crippen molar-refractivity contribution in [1.29, 1.82) is 0 Å². The van der Waals surface area contributed by atoms with Crippen LogP contribution >= 0.6 is 0 Å². The predicted molar refractivity (Wildman–Crippen MR) is 55.2 cm³/mol. The third-order valence-corrected chi connectivity index (χ3v) is 4.22. The maximum atomic E-state index is 5.64. The van der Waals surface area contributed by atoms with E-state index in [1.807, 2.05) is 0 Å². The highest BCUT2D eigenvalue weighted by atomic mass is 16.5. The first-order valence-corrected chi connectivity index (χ1v) is 5.91. The van der Waals surface area contributed by atoms with Crippen molar-refractivity contribution >= 4 is 0 Å². The van der Waals surface area contributed by atoms with Crippen molar-refractivity contribution in [2.24, 2.45) is 11.8 Å². The highest BCUT2D eigenvalue weighted by Gasteiger charge is 2.41. The summed E-state index contributed by atoms with van der Waals surface area (Å²) in [4.78, 5) is 2.67. The number of likely N-dealkylation sites (tertiary alicyclic amines) is 1. The van der Waals surface area contributed by atoms with Crippen LogP contribution in [-0.2, 0) is 4.74 Å². The van der Waals surface area contributed by atoms with Crippen molar-refractivity contribution in [1.82, 2.24) is 10.2 Å². The number of ether oxygens (including phenoxy) is 1. The zero-order valence-corrected chi connectivity index (χ0v) is 8.91. The van der Waals surface area contributed by atoms with Gasteiger partial charge in [0.2, 0.25) is 0 Å². The fourth-order valence-corrected chi connectivity index (χ4v) is 3.36. The summed E-state index contributed by atoms with van der Waals surface area (Å²) in [6, 6.07) is 0.709. The molecule has 0 spiro atoms. The Balaban J connectivity index is 1.65. The molecule has 4 atom stereocenters. The lowest BCUT2D eigenvalue weighted by Crippen LogP contribution is -2.39. The monoisotopic (exact) mass is 196 g/mol. The maximum Gasteiger partial charge on any atom is 0.0703 e. The first-order valence-electron chi connectivity index (χ1n) is 5.91. The van der Waals surface area contributed by atoms with Gasteiger partial charge < -0.3 is 10.1 Å². The lowest BCUT2D eigenvalue weighted by molar-refractivity contribution is 0.0804. The van der Waals surface area contributed by atoms with Crippen LogP contribution in [0.2, 0.25) is 0 Å². The topological polar surface area (TPSA) is 24.5 Å². The Morgan fingerprint density at radius 1 is 1.21 bits per heavy atom. The Morgan fingerprint density at radius 3 is 2.50 bits per heavy atom. The second kappa shape index (κ2) is 3.47. The lowest BCUT2D eigenvalue weighted by Gasteiger charge is -2.26. The molecule has 3 saturated heterocycles. The summed E-state index contributed by atoms with van der Waals surface area (Å²) in [7, 11) is 0. The number of hydrogen-bond acceptors (Lipinski definition) is 3. The van der Waals surface area contributed by atoms with Gasteiger partial charge in [0.1, 0.15) is 0 Å². The molecular formula is C11H20N2O. The second-order valence-electron chi connectivity index (χ2n) is 5.06. The summed E-state index contributed by atoms with van der Waals surface area (Å²) in [5.74, 6) is 1.84. The minimum atomic E-state index is 0.460.